The lowest BCUT2D eigenvalue weighted by Crippen LogP contribution is -2.50. The highest BCUT2D eigenvalue weighted by Gasteiger charge is 2.37. The van der Waals surface area contributed by atoms with E-state index in [1.54, 1.807) is 0 Å². The van der Waals surface area contributed by atoms with Crippen LogP contribution in [-0.4, -0.2) is 18.2 Å². The lowest BCUT2D eigenvalue weighted by Gasteiger charge is -2.42. The van der Waals surface area contributed by atoms with Gasteiger partial charge in [-0.15, -0.1) is 0 Å². The fourth-order valence-electron chi connectivity index (χ4n) is 2.27. The Bertz CT molecular complexity index is 148. The zero-order chi connectivity index (χ0) is 9.90. The van der Waals surface area contributed by atoms with Crippen molar-refractivity contribution in [3.63, 3.8) is 0 Å². The van der Waals surface area contributed by atoms with Gasteiger partial charge < -0.3 is 10.5 Å². The molecule has 0 aromatic heterocycles. The Kier molecular flexibility index (Phi) is 3.74. The third-order valence-corrected chi connectivity index (χ3v) is 3.38. The van der Waals surface area contributed by atoms with Crippen LogP contribution < -0.4 is 5.73 Å². The van der Waals surface area contributed by atoms with Gasteiger partial charge in [0, 0.05) is 12.6 Å². The Morgan fingerprint density at radius 1 is 1.46 bits per heavy atom. The average Bonchev–Trinajstić information content (AvgIpc) is 2.09. The van der Waals surface area contributed by atoms with E-state index in [4.69, 9.17) is 10.5 Å². The Morgan fingerprint density at radius 3 is 2.38 bits per heavy atom. The molecule has 0 saturated heterocycles. The first kappa shape index (κ1) is 11.0. The van der Waals surface area contributed by atoms with Gasteiger partial charge in [-0.3, -0.25) is 0 Å². The molecule has 0 bridgehead atoms. The molecule has 2 N–H and O–H groups in total. The molecule has 1 aliphatic carbocycles. The minimum absolute atomic E-state index is 0.0126. The van der Waals surface area contributed by atoms with E-state index in [0.717, 1.165) is 25.4 Å². The van der Waals surface area contributed by atoms with Gasteiger partial charge in [0.25, 0.3) is 0 Å². The van der Waals surface area contributed by atoms with Gasteiger partial charge in [0.1, 0.15) is 0 Å². The molecule has 0 amide bonds. The Hall–Kier alpha value is -0.0800. The molecule has 1 rings (SSSR count). The second-order valence-electron chi connectivity index (χ2n) is 4.47. The van der Waals surface area contributed by atoms with E-state index in [2.05, 4.69) is 20.8 Å². The van der Waals surface area contributed by atoms with E-state index in [1.165, 1.54) is 12.8 Å². The Morgan fingerprint density at radius 2 is 2.00 bits per heavy atom. The van der Waals surface area contributed by atoms with Crippen LogP contribution >= 0.6 is 0 Å². The summed E-state index contributed by atoms with van der Waals surface area (Å²) in [7, 11) is 0. The molecule has 0 spiro atoms. The van der Waals surface area contributed by atoms with Gasteiger partial charge in [-0.1, -0.05) is 6.92 Å². The molecule has 1 fully saturated rings. The first-order chi connectivity index (χ1) is 6.10. The van der Waals surface area contributed by atoms with Gasteiger partial charge in [0.15, 0.2) is 0 Å². The summed E-state index contributed by atoms with van der Waals surface area (Å²) in [6.07, 6.45) is 4.81. The maximum absolute atomic E-state index is 6.01. The third-order valence-electron chi connectivity index (χ3n) is 3.38. The van der Waals surface area contributed by atoms with Crippen molar-refractivity contribution in [3.05, 3.63) is 0 Å². The molecule has 0 aromatic rings. The molecule has 2 heteroatoms. The molecule has 0 radical (unpaired) electrons. The summed E-state index contributed by atoms with van der Waals surface area (Å²) < 4.78 is 5.86. The molecule has 1 unspecified atom stereocenters. The van der Waals surface area contributed by atoms with Crippen LogP contribution in [0.15, 0.2) is 0 Å². The molecule has 2 nitrogen and oxygen atoms in total. The molecule has 1 saturated carbocycles. The van der Waals surface area contributed by atoms with E-state index >= 15 is 0 Å². The van der Waals surface area contributed by atoms with Crippen molar-refractivity contribution in [1.29, 1.82) is 0 Å². The predicted molar refractivity (Wildman–Crippen MR) is 55.6 cm³/mol. The SMILES string of the molecule is CCOC1(C(C)N)CCC(C)CC1. The summed E-state index contributed by atoms with van der Waals surface area (Å²) in [4.78, 5) is 0. The van der Waals surface area contributed by atoms with Crippen molar-refractivity contribution in [1.82, 2.24) is 0 Å². The topological polar surface area (TPSA) is 35.2 Å². The van der Waals surface area contributed by atoms with Crippen molar-refractivity contribution in [2.24, 2.45) is 11.7 Å². The second-order valence-corrected chi connectivity index (χ2v) is 4.47. The van der Waals surface area contributed by atoms with Gasteiger partial charge in [0.05, 0.1) is 5.60 Å². The van der Waals surface area contributed by atoms with Crippen molar-refractivity contribution in [2.45, 2.75) is 58.1 Å². The third kappa shape index (κ3) is 2.44. The van der Waals surface area contributed by atoms with Crippen LogP contribution in [0.2, 0.25) is 0 Å². The van der Waals surface area contributed by atoms with Gasteiger partial charge in [-0.05, 0) is 45.4 Å². The predicted octanol–water partition coefficient (Wildman–Crippen LogP) is 2.32. The van der Waals surface area contributed by atoms with Gasteiger partial charge >= 0.3 is 0 Å². The van der Waals surface area contributed by atoms with E-state index < -0.39 is 0 Å². The normalized spacial score (nSPS) is 37.4. The largest absolute Gasteiger partial charge is 0.374 e. The first-order valence-corrected chi connectivity index (χ1v) is 5.50. The zero-order valence-corrected chi connectivity index (χ0v) is 9.18. The minimum atomic E-state index is -0.0126. The summed E-state index contributed by atoms with van der Waals surface area (Å²) in [5.41, 5.74) is 6.00. The number of ether oxygens (including phenoxy) is 1. The number of rotatable bonds is 3. The van der Waals surface area contributed by atoms with Crippen molar-refractivity contribution < 1.29 is 4.74 Å². The Labute approximate surface area is 81.8 Å². The Balaban J connectivity index is 2.58. The summed E-state index contributed by atoms with van der Waals surface area (Å²) in [6, 6.07) is 0.167. The molecule has 0 aliphatic heterocycles. The van der Waals surface area contributed by atoms with E-state index in [0.29, 0.717) is 0 Å². The smallest absolute Gasteiger partial charge is 0.0829 e. The monoisotopic (exact) mass is 185 g/mol. The van der Waals surface area contributed by atoms with Crippen molar-refractivity contribution in [3.8, 4) is 0 Å². The summed E-state index contributed by atoms with van der Waals surface area (Å²) >= 11 is 0. The maximum atomic E-state index is 6.01. The van der Waals surface area contributed by atoms with Crippen molar-refractivity contribution in [2.75, 3.05) is 6.61 Å². The highest BCUT2D eigenvalue weighted by Crippen LogP contribution is 2.36. The molecule has 0 heterocycles. The van der Waals surface area contributed by atoms with Crippen LogP contribution in [0, 0.1) is 5.92 Å². The van der Waals surface area contributed by atoms with Crippen LogP contribution in [0.3, 0.4) is 0 Å². The molecule has 0 aromatic carbocycles. The quantitative estimate of drug-likeness (QED) is 0.732. The lowest BCUT2D eigenvalue weighted by molar-refractivity contribution is -0.0849. The van der Waals surface area contributed by atoms with Crippen LogP contribution in [0.5, 0.6) is 0 Å². The molecule has 13 heavy (non-hydrogen) atoms. The van der Waals surface area contributed by atoms with Crippen molar-refractivity contribution >= 4 is 0 Å². The summed E-state index contributed by atoms with van der Waals surface area (Å²) in [5.74, 6) is 0.854. The standard InChI is InChI=1S/C11H23NO/c1-4-13-11(10(3)12)7-5-9(2)6-8-11/h9-10H,4-8,12H2,1-3H3. The average molecular weight is 185 g/mol. The number of hydrogen-bond donors (Lipinski definition) is 1. The van der Waals surface area contributed by atoms with Crippen LogP contribution in [-0.2, 0) is 4.74 Å². The molecule has 78 valence electrons. The number of nitrogens with two attached hydrogens (primary N) is 1. The van der Waals surface area contributed by atoms with Gasteiger partial charge in [-0.25, -0.2) is 0 Å². The minimum Gasteiger partial charge on any atom is -0.374 e. The fourth-order valence-corrected chi connectivity index (χ4v) is 2.27. The zero-order valence-electron chi connectivity index (χ0n) is 9.18. The molecule has 1 aliphatic rings. The highest BCUT2D eigenvalue weighted by molar-refractivity contribution is 4.92. The van der Waals surface area contributed by atoms with Crippen LogP contribution in [0.1, 0.15) is 46.5 Å². The molecular weight excluding hydrogens is 162 g/mol. The highest BCUT2D eigenvalue weighted by atomic mass is 16.5. The fraction of sp³-hybridized carbons (Fsp3) is 1.00. The van der Waals surface area contributed by atoms with E-state index in [1.807, 2.05) is 0 Å². The molecule has 1 atom stereocenters. The summed E-state index contributed by atoms with van der Waals surface area (Å²) in [6.45, 7) is 7.24. The number of hydrogen-bond acceptors (Lipinski definition) is 2. The van der Waals surface area contributed by atoms with E-state index in [-0.39, 0.29) is 11.6 Å². The lowest BCUT2D eigenvalue weighted by atomic mass is 9.76. The first-order valence-electron chi connectivity index (χ1n) is 5.50. The maximum Gasteiger partial charge on any atom is 0.0829 e. The van der Waals surface area contributed by atoms with Crippen LogP contribution in [0.25, 0.3) is 0 Å². The molecular formula is C11H23NO. The van der Waals surface area contributed by atoms with Gasteiger partial charge in [-0.2, -0.15) is 0 Å². The second kappa shape index (κ2) is 4.43. The van der Waals surface area contributed by atoms with E-state index in [9.17, 15) is 0 Å². The van der Waals surface area contributed by atoms with Gasteiger partial charge in [0.2, 0.25) is 0 Å². The van der Waals surface area contributed by atoms with Crippen LogP contribution in [0.4, 0.5) is 0 Å². The summed E-state index contributed by atoms with van der Waals surface area (Å²) in [5, 5.41) is 0.